The molecule has 0 spiro atoms. The Morgan fingerprint density at radius 3 is 2.45 bits per heavy atom. The number of thioether (sulfide) groups is 1. The molecule has 114 valence electrons. The van der Waals surface area contributed by atoms with Crippen LogP contribution in [0.4, 0.5) is 11.4 Å². The highest BCUT2D eigenvalue weighted by atomic mass is 35.5. The van der Waals surface area contributed by atoms with Crippen LogP contribution in [0.5, 0.6) is 0 Å². The molecule has 0 bridgehead atoms. The molecular formula is C15H12Cl2N2O2S. The molecule has 0 aliphatic carbocycles. The zero-order valence-corrected chi connectivity index (χ0v) is 13.9. The molecule has 2 rings (SSSR count). The first-order valence-corrected chi connectivity index (χ1v) is 8.19. The minimum Gasteiger partial charge on any atom is -0.318 e. The monoisotopic (exact) mass is 354 g/mol. The summed E-state index contributed by atoms with van der Waals surface area (Å²) >= 11 is 13.3. The van der Waals surface area contributed by atoms with E-state index < -0.39 is 11.8 Å². The molecular weight excluding hydrogens is 343 g/mol. The van der Waals surface area contributed by atoms with Crippen LogP contribution in [0.2, 0.25) is 10.0 Å². The van der Waals surface area contributed by atoms with Crippen molar-refractivity contribution < 1.29 is 9.59 Å². The van der Waals surface area contributed by atoms with Gasteiger partial charge >= 0.3 is 11.8 Å². The van der Waals surface area contributed by atoms with Crippen LogP contribution in [0.15, 0.2) is 47.4 Å². The number of nitrogens with one attached hydrogen (secondary N) is 2. The first-order chi connectivity index (χ1) is 10.5. The van der Waals surface area contributed by atoms with E-state index in [-0.39, 0.29) is 5.69 Å². The first kappa shape index (κ1) is 16.7. The van der Waals surface area contributed by atoms with Crippen LogP contribution in [0.3, 0.4) is 0 Å². The van der Waals surface area contributed by atoms with Crippen LogP contribution >= 0.6 is 35.0 Å². The summed E-state index contributed by atoms with van der Waals surface area (Å²) in [5, 5.41) is 5.67. The van der Waals surface area contributed by atoms with E-state index in [0.29, 0.717) is 15.7 Å². The van der Waals surface area contributed by atoms with E-state index in [0.717, 1.165) is 4.90 Å². The molecule has 0 radical (unpaired) electrons. The van der Waals surface area contributed by atoms with Gasteiger partial charge in [-0.25, -0.2) is 0 Å². The van der Waals surface area contributed by atoms with Crippen molar-refractivity contribution in [1.29, 1.82) is 0 Å². The van der Waals surface area contributed by atoms with E-state index in [9.17, 15) is 9.59 Å². The third-order valence-corrected chi connectivity index (χ3v) is 4.00. The Kier molecular flexibility index (Phi) is 5.71. The summed E-state index contributed by atoms with van der Waals surface area (Å²) in [6, 6.07) is 11.8. The Hall–Kier alpha value is -1.69. The number of anilines is 2. The van der Waals surface area contributed by atoms with Crippen LogP contribution in [-0.2, 0) is 9.59 Å². The van der Waals surface area contributed by atoms with Crippen LogP contribution in [0, 0.1) is 0 Å². The summed E-state index contributed by atoms with van der Waals surface area (Å²) in [5.74, 6) is -1.60. The highest BCUT2D eigenvalue weighted by Crippen LogP contribution is 2.25. The topological polar surface area (TPSA) is 58.2 Å². The summed E-state index contributed by atoms with van der Waals surface area (Å²) in [5.41, 5.74) is 0.830. The standard InChI is InChI=1S/C15H12Cl2N2O2S/c1-22-11-4-2-3-10(8-11)18-14(20)15(21)19-13-7-9(16)5-6-12(13)17/h2-8H,1H3,(H,18,20)(H,19,21). The molecule has 0 unspecified atom stereocenters. The van der Waals surface area contributed by atoms with Crippen molar-refractivity contribution in [3.8, 4) is 0 Å². The van der Waals surface area contributed by atoms with Gasteiger partial charge in [0.15, 0.2) is 0 Å². The van der Waals surface area contributed by atoms with Gasteiger partial charge in [0.2, 0.25) is 0 Å². The molecule has 0 fully saturated rings. The molecule has 2 aromatic rings. The van der Waals surface area contributed by atoms with Crippen molar-refractivity contribution in [1.82, 2.24) is 0 Å². The number of carbonyl (C=O) groups excluding carboxylic acids is 2. The van der Waals surface area contributed by atoms with Gasteiger partial charge in [-0.05, 0) is 42.7 Å². The van der Waals surface area contributed by atoms with E-state index in [1.165, 1.54) is 6.07 Å². The van der Waals surface area contributed by atoms with Crippen LogP contribution < -0.4 is 10.6 Å². The van der Waals surface area contributed by atoms with Gasteiger partial charge in [0.1, 0.15) is 0 Å². The molecule has 0 aromatic heterocycles. The highest BCUT2D eigenvalue weighted by Gasteiger charge is 2.15. The normalized spacial score (nSPS) is 10.1. The maximum atomic E-state index is 11.9. The van der Waals surface area contributed by atoms with Crippen LogP contribution in [0.1, 0.15) is 0 Å². The average molecular weight is 355 g/mol. The Morgan fingerprint density at radius 1 is 1.00 bits per heavy atom. The van der Waals surface area contributed by atoms with Crippen molar-refractivity contribution in [3.05, 3.63) is 52.5 Å². The van der Waals surface area contributed by atoms with Gasteiger partial charge in [-0.2, -0.15) is 0 Å². The Bertz CT molecular complexity index is 722. The zero-order valence-electron chi connectivity index (χ0n) is 11.5. The van der Waals surface area contributed by atoms with Crippen molar-refractivity contribution in [2.45, 2.75) is 4.90 Å². The molecule has 0 atom stereocenters. The van der Waals surface area contributed by atoms with Gasteiger partial charge in [-0.1, -0.05) is 29.3 Å². The Balaban J connectivity index is 2.06. The molecule has 0 heterocycles. The number of halogens is 2. The van der Waals surface area contributed by atoms with Gasteiger partial charge in [0.05, 0.1) is 10.7 Å². The average Bonchev–Trinajstić information content (AvgIpc) is 2.51. The quantitative estimate of drug-likeness (QED) is 0.638. The smallest absolute Gasteiger partial charge is 0.314 e. The van der Waals surface area contributed by atoms with Crippen molar-refractivity contribution in [2.24, 2.45) is 0 Å². The number of amides is 2. The van der Waals surface area contributed by atoms with Crippen molar-refractivity contribution >= 4 is 58.2 Å². The molecule has 2 aromatic carbocycles. The summed E-state index contributed by atoms with van der Waals surface area (Å²) in [4.78, 5) is 24.8. The van der Waals surface area contributed by atoms with Crippen molar-refractivity contribution in [3.63, 3.8) is 0 Å². The second kappa shape index (κ2) is 7.54. The lowest BCUT2D eigenvalue weighted by atomic mass is 10.3. The lowest BCUT2D eigenvalue weighted by molar-refractivity contribution is -0.132. The molecule has 0 aliphatic heterocycles. The maximum Gasteiger partial charge on any atom is 0.314 e. The lowest BCUT2D eigenvalue weighted by Gasteiger charge is -2.09. The Labute approximate surface area is 142 Å². The van der Waals surface area contributed by atoms with E-state index in [1.807, 2.05) is 12.3 Å². The molecule has 0 aliphatic rings. The summed E-state index contributed by atoms with van der Waals surface area (Å²) < 4.78 is 0. The summed E-state index contributed by atoms with van der Waals surface area (Å²) in [6.07, 6.45) is 1.93. The Morgan fingerprint density at radius 2 is 1.73 bits per heavy atom. The second-order valence-electron chi connectivity index (χ2n) is 4.26. The van der Waals surface area contributed by atoms with Gasteiger partial charge in [0, 0.05) is 15.6 Å². The van der Waals surface area contributed by atoms with Gasteiger partial charge < -0.3 is 10.6 Å². The number of hydrogen-bond donors (Lipinski definition) is 2. The van der Waals surface area contributed by atoms with Gasteiger partial charge in [0.25, 0.3) is 0 Å². The number of benzene rings is 2. The molecule has 7 heteroatoms. The number of carbonyl (C=O) groups is 2. The van der Waals surface area contributed by atoms with E-state index in [4.69, 9.17) is 23.2 Å². The third-order valence-electron chi connectivity index (χ3n) is 2.71. The van der Waals surface area contributed by atoms with Crippen LogP contribution in [0.25, 0.3) is 0 Å². The van der Waals surface area contributed by atoms with E-state index in [1.54, 1.807) is 42.1 Å². The van der Waals surface area contributed by atoms with E-state index in [2.05, 4.69) is 10.6 Å². The number of rotatable bonds is 3. The summed E-state index contributed by atoms with van der Waals surface area (Å²) in [7, 11) is 0. The second-order valence-corrected chi connectivity index (χ2v) is 5.99. The molecule has 2 amide bonds. The molecule has 0 saturated carbocycles. The first-order valence-electron chi connectivity index (χ1n) is 6.21. The minimum absolute atomic E-state index is 0.284. The number of hydrogen-bond acceptors (Lipinski definition) is 3. The summed E-state index contributed by atoms with van der Waals surface area (Å²) in [6.45, 7) is 0. The van der Waals surface area contributed by atoms with Gasteiger partial charge in [-0.3, -0.25) is 9.59 Å². The molecule has 2 N–H and O–H groups in total. The fraction of sp³-hybridized carbons (Fsp3) is 0.0667. The van der Waals surface area contributed by atoms with Gasteiger partial charge in [-0.15, -0.1) is 11.8 Å². The van der Waals surface area contributed by atoms with Crippen molar-refractivity contribution in [2.75, 3.05) is 16.9 Å². The fourth-order valence-electron chi connectivity index (χ4n) is 1.66. The minimum atomic E-state index is -0.821. The predicted molar refractivity (Wildman–Crippen MR) is 91.9 cm³/mol. The maximum absolute atomic E-state index is 11.9. The largest absolute Gasteiger partial charge is 0.318 e. The predicted octanol–water partition coefficient (Wildman–Crippen LogP) is 4.29. The van der Waals surface area contributed by atoms with E-state index >= 15 is 0 Å². The van der Waals surface area contributed by atoms with Crippen LogP contribution in [-0.4, -0.2) is 18.1 Å². The fourth-order valence-corrected chi connectivity index (χ4v) is 2.46. The third kappa shape index (κ3) is 4.40. The highest BCUT2D eigenvalue weighted by molar-refractivity contribution is 7.98. The molecule has 4 nitrogen and oxygen atoms in total. The molecule has 22 heavy (non-hydrogen) atoms. The SMILES string of the molecule is CSc1cccc(NC(=O)C(=O)Nc2cc(Cl)ccc2Cl)c1. The zero-order chi connectivity index (χ0) is 16.1. The lowest BCUT2D eigenvalue weighted by Crippen LogP contribution is -2.29. The molecule has 0 saturated heterocycles.